The summed E-state index contributed by atoms with van der Waals surface area (Å²) in [4.78, 5) is 21.5. The molecule has 0 aliphatic carbocycles. The number of benzene rings is 1. The number of anilines is 1. The van der Waals surface area contributed by atoms with Crippen molar-refractivity contribution in [3.05, 3.63) is 42.4 Å². The van der Waals surface area contributed by atoms with Gasteiger partial charge in [0.05, 0.1) is 6.61 Å². The van der Waals surface area contributed by atoms with Crippen LogP contribution >= 0.6 is 0 Å². The highest BCUT2D eigenvalue weighted by Crippen LogP contribution is 2.32. The van der Waals surface area contributed by atoms with E-state index in [0.717, 1.165) is 17.0 Å². The normalized spacial score (nSPS) is 12.9. The molecule has 0 atom stereocenters. The summed E-state index contributed by atoms with van der Waals surface area (Å²) in [6, 6.07) is 9.17. The van der Waals surface area contributed by atoms with Crippen molar-refractivity contribution in [1.82, 2.24) is 14.5 Å². The van der Waals surface area contributed by atoms with Gasteiger partial charge >= 0.3 is 0 Å². The number of hydrogen-bond acceptors (Lipinski definition) is 6. The lowest BCUT2D eigenvalue weighted by Crippen LogP contribution is -2.17. The number of nitrogens with one attached hydrogen (secondary N) is 1. The molecular formula is C20H22N4O4. The lowest BCUT2D eigenvalue weighted by molar-refractivity contribution is -0.116. The number of imidazole rings is 1. The molecule has 0 bridgehead atoms. The van der Waals surface area contributed by atoms with Gasteiger partial charge in [-0.15, -0.1) is 0 Å². The summed E-state index contributed by atoms with van der Waals surface area (Å²) in [6.07, 6.45) is 2.56. The van der Waals surface area contributed by atoms with Crippen LogP contribution in [-0.2, 0) is 22.5 Å². The van der Waals surface area contributed by atoms with E-state index >= 15 is 0 Å². The van der Waals surface area contributed by atoms with Crippen LogP contribution in [0, 0.1) is 0 Å². The van der Waals surface area contributed by atoms with Gasteiger partial charge in [-0.1, -0.05) is 0 Å². The van der Waals surface area contributed by atoms with Crippen molar-refractivity contribution in [2.24, 2.45) is 0 Å². The fourth-order valence-corrected chi connectivity index (χ4v) is 3.18. The predicted molar refractivity (Wildman–Crippen MR) is 104 cm³/mol. The monoisotopic (exact) mass is 382 g/mol. The zero-order valence-electron chi connectivity index (χ0n) is 15.7. The zero-order valence-corrected chi connectivity index (χ0v) is 15.7. The molecule has 146 valence electrons. The summed E-state index contributed by atoms with van der Waals surface area (Å²) in [5, 5.41) is 2.91. The van der Waals surface area contributed by atoms with Crippen LogP contribution in [0.3, 0.4) is 0 Å². The lowest BCUT2D eigenvalue weighted by Gasteiger charge is -2.19. The zero-order chi connectivity index (χ0) is 19.3. The van der Waals surface area contributed by atoms with Crippen LogP contribution in [0.5, 0.6) is 11.5 Å². The van der Waals surface area contributed by atoms with E-state index in [4.69, 9.17) is 14.2 Å². The van der Waals surface area contributed by atoms with Gasteiger partial charge in [0.1, 0.15) is 24.6 Å². The second kappa shape index (κ2) is 8.26. The van der Waals surface area contributed by atoms with Crippen molar-refractivity contribution in [3.63, 3.8) is 0 Å². The van der Waals surface area contributed by atoms with Gasteiger partial charge in [0, 0.05) is 44.4 Å². The first-order chi connectivity index (χ1) is 13.7. The van der Waals surface area contributed by atoms with Crippen LogP contribution in [0.2, 0.25) is 0 Å². The molecule has 0 spiro atoms. The summed E-state index contributed by atoms with van der Waals surface area (Å²) in [5.74, 6) is 2.08. The molecule has 2 aromatic heterocycles. The summed E-state index contributed by atoms with van der Waals surface area (Å²) in [5.41, 5.74) is 2.31. The second-order valence-electron chi connectivity index (χ2n) is 6.43. The Balaban J connectivity index is 1.43. The Bertz CT molecular complexity index is 985. The number of pyridine rings is 1. The maximum Gasteiger partial charge on any atom is 0.224 e. The van der Waals surface area contributed by atoms with Gasteiger partial charge in [-0.2, -0.15) is 0 Å². The molecule has 0 fully saturated rings. The first kappa shape index (κ1) is 18.2. The molecule has 0 saturated heterocycles. The molecule has 0 radical (unpaired) electrons. The fraction of sp³-hybridized carbons (Fsp3) is 0.350. The van der Waals surface area contributed by atoms with Crippen LogP contribution < -0.4 is 14.8 Å². The Morgan fingerprint density at radius 1 is 1.25 bits per heavy atom. The van der Waals surface area contributed by atoms with Gasteiger partial charge in [0.2, 0.25) is 5.91 Å². The molecule has 1 N–H and O–H groups in total. The molecule has 4 rings (SSSR count). The highest BCUT2D eigenvalue weighted by molar-refractivity contribution is 5.91. The van der Waals surface area contributed by atoms with Crippen molar-refractivity contribution in [3.8, 4) is 11.5 Å². The predicted octanol–water partition coefficient (Wildman–Crippen LogP) is 2.42. The van der Waals surface area contributed by atoms with Crippen LogP contribution in [0.25, 0.3) is 11.2 Å². The molecule has 8 heteroatoms. The van der Waals surface area contributed by atoms with Crippen molar-refractivity contribution >= 4 is 22.8 Å². The summed E-state index contributed by atoms with van der Waals surface area (Å²) < 4.78 is 18.3. The molecule has 8 nitrogen and oxygen atoms in total. The average Bonchev–Trinajstić information content (AvgIpc) is 3.08. The van der Waals surface area contributed by atoms with Gasteiger partial charge in [-0.25, -0.2) is 9.97 Å². The highest BCUT2D eigenvalue weighted by Gasteiger charge is 2.15. The first-order valence-corrected chi connectivity index (χ1v) is 9.23. The van der Waals surface area contributed by atoms with E-state index in [1.807, 2.05) is 22.8 Å². The molecule has 1 aliphatic rings. The summed E-state index contributed by atoms with van der Waals surface area (Å²) in [6.45, 7) is 2.25. The van der Waals surface area contributed by atoms with Crippen LogP contribution in [0.15, 0.2) is 36.5 Å². The average molecular weight is 382 g/mol. The number of aryl methyl sites for hydroxylation is 1. The standard InChI is InChI=1S/C20H22N4O4/c1-26-10-9-24-18(23-15-3-2-8-21-20(15)24)6-7-19(25)22-14-4-5-16-17(13-14)28-12-11-27-16/h2-5,8,13H,6-7,9-12H2,1H3,(H,22,25). The quantitative estimate of drug-likeness (QED) is 0.675. The van der Waals surface area contributed by atoms with E-state index in [0.29, 0.717) is 56.4 Å². The number of fused-ring (bicyclic) bond motifs is 2. The Kier molecular flexibility index (Phi) is 5.38. The number of rotatable bonds is 7. The van der Waals surface area contributed by atoms with E-state index in [9.17, 15) is 4.79 Å². The molecule has 0 saturated carbocycles. The Hall–Kier alpha value is -3.13. The van der Waals surface area contributed by atoms with Crippen molar-refractivity contribution in [1.29, 1.82) is 0 Å². The van der Waals surface area contributed by atoms with Crippen molar-refractivity contribution in [2.45, 2.75) is 19.4 Å². The summed E-state index contributed by atoms with van der Waals surface area (Å²) >= 11 is 0. The molecule has 3 aromatic rings. The van der Waals surface area contributed by atoms with Crippen LogP contribution in [-0.4, -0.2) is 47.4 Å². The number of hydrogen-bond donors (Lipinski definition) is 1. The van der Waals surface area contributed by atoms with Gasteiger partial charge < -0.3 is 24.1 Å². The number of carbonyl (C=O) groups excluding carboxylic acids is 1. The third-order valence-corrected chi connectivity index (χ3v) is 4.50. The lowest BCUT2D eigenvalue weighted by atomic mass is 10.2. The SMILES string of the molecule is COCCn1c(CCC(=O)Nc2ccc3c(c2)OCCO3)nc2cccnc21. The fourth-order valence-electron chi connectivity index (χ4n) is 3.18. The Labute approximate surface area is 162 Å². The number of aromatic nitrogens is 3. The molecule has 3 heterocycles. The van der Waals surface area contributed by atoms with Crippen LogP contribution in [0.1, 0.15) is 12.2 Å². The number of carbonyl (C=O) groups is 1. The van der Waals surface area contributed by atoms with Gasteiger partial charge in [0.25, 0.3) is 0 Å². The van der Waals surface area contributed by atoms with Gasteiger partial charge in [0.15, 0.2) is 17.1 Å². The topological polar surface area (TPSA) is 87.5 Å². The Morgan fingerprint density at radius 3 is 2.96 bits per heavy atom. The third kappa shape index (κ3) is 3.91. The Morgan fingerprint density at radius 2 is 2.11 bits per heavy atom. The minimum atomic E-state index is -0.0880. The highest BCUT2D eigenvalue weighted by atomic mass is 16.6. The number of methoxy groups -OCH3 is 1. The molecule has 1 aromatic carbocycles. The summed E-state index contributed by atoms with van der Waals surface area (Å²) in [7, 11) is 1.66. The minimum Gasteiger partial charge on any atom is -0.486 e. The molecular weight excluding hydrogens is 360 g/mol. The number of amides is 1. The third-order valence-electron chi connectivity index (χ3n) is 4.50. The molecule has 1 aliphatic heterocycles. The van der Waals surface area contributed by atoms with Gasteiger partial charge in [-0.3, -0.25) is 4.79 Å². The first-order valence-electron chi connectivity index (χ1n) is 9.23. The van der Waals surface area contributed by atoms with Crippen molar-refractivity contribution < 1.29 is 19.0 Å². The number of nitrogens with zero attached hydrogens (tertiary/aromatic N) is 3. The molecule has 0 unspecified atom stereocenters. The second-order valence-corrected chi connectivity index (χ2v) is 6.43. The van der Waals surface area contributed by atoms with E-state index in [1.165, 1.54) is 0 Å². The minimum absolute atomic E-state index is 0.0880. The maximum absolute atomic E-state index is 12.4. The van der Waals surface area contributed by atoms with E-state index in [2.05, 4.69) is 15.3 Å². The van der Waals surface area contributed by atoms with E-state index in [-0.39, 0.29) is 5.91 Å². The molecule has 28 heavy (non-hydrogen) atoms. The maximum atomic E-state index is 12.4. The number of ether oxygens (including phenoxy) is 3. The van der Waals surface area contributed by atoms with Crippen LogP contribution in [0.4, 0.5) is 5.69 Å². The smallest absolute Gasteiger partial charge is 0.224 e. The van der Waals surface area contributed by atoms with Crippen molar-refractivity contribution in [2.75, 3.05) is 32.2 Å². The molecule has 1 amide bonds. The van der Waals surface area contributed by atoms with E-state index < -0.39 is 0 Å². The van der Waals surface area contributed by atoms with Gasteiger partial charge in [-0.05, 0) is 24.3 Å². The van der Waals surface area contributed by atoms with E-state index in [1.54, 1.807) is 25.4 Å². The largest absolute Gasteiger partial charge is 0.486 e.